The highest BCUT2D eigenvalue weighted by Crippen LogP contribution is 2.35. The molecule has 0 spiro atoms. The highest BCUT2D eigenvalue weighted by atomic mass is 19.4. The summed E-state index contributed by atoms with van der Waals surface area (Å²) in [5, 5.41) is 0. The Balaban J connectivity index is 1.76. The molecule has 1 aliphatic rings. The Morgan fingerprint density at radius 3 is 2.64 bits per heavy atom. The summed E-state index contributed by atoms with van der Waals surface area (Å²) in [5.74, 6) is -0.543. The number of aromatic nitrogens is 2. The molecule has 4 rings (SSSR count). The zero-order valence-electron chi connectivity index (χ0n) is 15.2. The van der Waals surface area contributed by atoms with Crippen LogP contribution < -0.4 is 0 Å². The van der Waals surface area contributed by atoms with Crippen LogP contribution in [0, 0.1) is 0 Å². The Morgan fingerprint density at radius 1 is 1.11 bits per heavy atom. The minimum absolute atomic E-state index is 0.0363. The molecule has 0 radical (unpaired) electrons. The van der Waals surface area contributed by atoms with E-state index >= 15 is 0 Å². The Hall–Kier alpha value is -2.83. The van der Waals surface area contributed by atoms with Gasteiger partial charge in [-0.25, -0.2) is 4.98 Å². The second-order valence-electron chi connectivity index (χ2n) is 7.08. The number of likely N-dealkylation sites (tertiary alicyclic amines) is 1. The fourth-order valence-corrected chi connectivity index (χ4v) is 3.81. The van der Waals surface area contributed by atoms with Crippen molar-refractivity contribution in [3.63, 3.8) is 0 Å². The molecule has 0 aliphatic carbocycles. The third-order valence-electron chi connectivity index (χ3n) is 5.26. The van der Waals surface area contributed by atoms with Crippen LogP contribution in [0.4, 0.5) is 13.2 Å². The van der Waals surface area contributed by atoms with Gasteiger partial charge in [-0.2, -0.15) is 13.2 Å². The molecule has 7 heteroatoms. The van der Waals surface area contributed by atoms with Gasteiger partial charge in [0.15, 0.2) is 0 Å². The minimum atomic E-state index is -4.43. The number of hydrogen-bond donors (Lipinski definition) is 0. The summed E-state index contributed by atoms with van der Waals surface area (Å²) in [6.07, 6.45) is 1.09. The second-order valence-corrected chi connectivity index (χ2v) is 7.08. The number of rotatable bonds is 4. The number of hydrogen-bond acceptors (Lipinski definition) is 2. The van der Waals surface area contributed by atoms with Gasteiger partial charge in [-0.15, -0.1) is 0 Å². The summed E-state index contributed by atoms with van der Waals surface area (Å²) in [7, 11) is 0. The van der Waals surface area contributed by atoms with Crippen molar-refractivity contribution in [2.24, 2.45) is 0 Å². The second kappa shape index (κ2) is 7.30. The molecule has 1 fully saturated rings. The van der Waals surface area contributed by atoms with E-state index in [1.54, 1.807) is 17.2 Å². The molecule has 2 aromatic heterocycles. The van der Waals surface area contributed by atoms with Gasteiger partial charge in [-0.1, -0.05) is 24.3 Å². The largest absolute Gasteiger partial charge is 0.416 e. The number of pyridine rings is 1. The first-order valence-corrected chi connectivity index (χ1v) is 9.30. The summed E-state index contributed by atoms with van der Waals surface area (Å²) < 4.78 is 41.6. The van der Waals surface area contributed by atoms with Gasteiger partial charge in [0.25, 0.3) is 0 Å². The van der Waals surface area contributed by atoms with Crippen LogP contribution in [0.15, 0.2) is 54.9 Å². The van der Waals surface area contributed by atoms with Gasteiger partial charge in [-0.3, -0.25) is 4.79 Å². The highest BCUT2D eigenvalue weighted by molar-refractivity contribution is 5.78. The summed E-state index contributed by atoms with van der Waals surface area (Å²) in [6, 6.07) is 10.8. The first-order valence-electron chi connectivity index (χ1n) is 9.30. The van der Waals surface area contributed by atoms with Crippen LogP contribution in [0.1, 0.15) is 42.0 Å². The minimum Gasteiger partial charge on any atom is -0.343 e. The van der Waals surface area contributed by atoms with Crippen molar-refractivity contribution < 1.29 is 18.0 Å². The van der Waals surface area contributed by atoms with Crippen molar-refractivity contribution in [2.45, 2.75) is 31.4 Å². The average Bonchev–Trinajstić information content (AvgIpc) is 3.35. The predicted octanol–water partition coefficient (Wildman–Crippen LogP) is 4.50. The zero-order valence-corrected chi connectivity index (χ0v) is 15.2. The van der Waals surface area contributed by atoms with E-state index in [4.69, 9.17) is 0 Å². The molecule has 0 saturated carbocycles. The van der Waals surface area contributed by atoms with Crippen LogP contribution in [0.25, 0.3) is 5.65 Å². The fraction of sp³-hybridized carbons (Fsp3) is 0.333. The van der Waals surface area contributed by atoms with Crippen molar-refractivity contribution in [3.8, 4) is 0 Å². The van der Waals surface area contributed by atoms with Crippen molar-refractivity contribution in [1.29, 1.82) is 0 Å². The summed E-state index contributed by atoms with van der Waals surface area (Å²) >= 11 is 0. The van der Waals surface area contributed by atoms with Gasteiger partial charge in [0, 0.05) is 37.8 Å². The van der Waals surface area contributed by atoms with E-state index in [1.165, 1.54) is 6.07 Å². The third-order valence-corrected chi connectivity index (χ3v) is 5.26. The molecule has 1 atom stereocenters. The van der Waals surface area contributed by atoms with Gasteiger partial charge < -0.3 is 9.30 Å². The number of benzene rings is 1. The molecule has 1 aliphatic heterocycles. The zero-order chi connectivity index (χ0) is 19.7. The van der Waals surface area contributed by atoms with Crippen molar-refractivity contribution in [2.75, 3.05) is 13.1 Å². The van der Waals surface area contributed by atoms with Gasteiger partial charge in [0.1, 0.15) is 5.65 Å². The fourth-order valence-electron chi connectivity index (χ4n) is 3.81. The normalized spacial score (nSPS) is 15.9. The lowest BCUT2D eigenvalue weighted by Crippen LogP contribution is -2.29. The number of carbonyl (C=O) groups is 1. The molecular formula is C21H20F3N3O. The number of carbonyl (C=O) groups excluding carboxylic acids is 1. The van der Waals surface area contributed by atoms with E-state index in [0.717, 1.165) is 25.0 Å². The van der Waals surface area contributed by atoms with Crippen LogP contribution in [0.3, 0.4) is 0 Å². The van der Waals surface area contributed by atoms with Crippen LogP contribution >= 0.6 is 0 Å². The monoisotopic (exact) mass is 387 g/mol. The highest BCUT2D eigenvalue weighted by Gasteiger charge is 2.32. The lowest BCUT2D eigenvalue weighted by Gasteiger charge is -2.22. The summed E-state index contributed by atoms with van der Waals surface area (Å²) in [5.41, 5.74) is 1.16. The first kappa shape index (κ1) is 18.5. The van der Waals surface area contributed by atoms with Crippen LogP contribution in [-0.4, -0.2) is 33.3 Å². The number of fused-ring (bicyclic) bond motifs is 1. The molecule has 0 N–H and O–H groups in total. The number of alkyl halides is 3. The number of imidazole rings is 1. The Bertz CT molecular complexity index is 990. The molecule has 1 amide bonds. The maximum absolute atomic E-state index is 13.2. The van der Waals surface area contributed by atoms with Crippen molar-refractivity contribution >= 4 is 11.6 Å². The SMILES string of the molecule is O=C(CC(c1cccc(C(F)(F)F)c1)c1cnc2ccccn12)N1CCCC1. The standard InChI is InChI=1S/C21H20F3N3O/c22-21(23,24)16-7-5-6-15(12-16)17(13-20(28)26-9-3-4-10-26)18-14-25-19-8-1-2-11-27(18)19/h1-2,5-8,11-12,14,17H,3-4,9-10,13H2. The van der Waals surface area contributed by atoms with Gasteiger partial charge >= 0.3 is 6.18 Å². The van der Waals surface area contributed by atoms with Crippen LogP contribution in [-0.2, 0) is 11.0 Å². The maximum Gasteiger partial charge on any atom is 0.416 e. The predicted molar refractivity (Wildman–Crippen MR) is 98.9 cm³/mol. The summed E-state index contributed by atoms with van der Waals surface area (Å²) in [4.78, 5) is 19.0. The topological polar surface area (TPSA) is 37.6 Å². The average molecular weight is 387 g/mol. The van der Waals surface area contributed by atoms with E-state index < -0.39 is 17.7 Å². The Kier molecular flexibility index (Phi) is 4.83. The number of halogens is 3. The van der Waals surface area contributed by atoms with Gasteiger partial charge in [0.2, 0.25) is 5.91 Å². The van der Waals surface area contributed by atoms with Crippen molar-refractivity contribution in [3.05, 3.63) is 71.7 Å². The molecule has 4 nitrogen and oxygen atoms in total. The Labute approximate surface area is 160 Å². The molecule has 0 bridgehead atoms. The Morgan fingerprint density at radius 2 is 1.89 bits per heavy atom. The molecule has 1 unspecified atom stereocenters. The molecular weight excluding hydrogens is 367 g/mol. The lowest BCUT2D eigenvalue weighted by atomic mass is 9.91. The number of nitrogens with zero attached hydrogens (tertiary/aromatic N) is 3. The third kappa shape index (κ3) is 3.61. The molecule has 3 aromatic rings. The maximum atomic E-state index is 13.2. The van der Waals surface area contributed by atoms with E-state index in [9.17, 15) is 18.0 Å². The molecule has 1 aromatic carbocycles. The van der Waals surface area contributed by atoms with Crippen molar-refractivity contribution in [1.82, 2.24) is 14.3 Å². The van der Waals surface area contributed by atoms with Crippen LogP contribution in [0.5, 0.6) is 0 Å². The smallest absolute Gasteiger partial charge is 0.343 e. The van der Waals surface area contributed by atoms with Gasteiger partial charge in [0.05, 0.1) is 11.3 Å². The van der Waals surface area contributed by atoms with Gasteiger partial charge in [-0.05, 0) is 36.6 Å². The molecule has 3 heterocycles. The van der Waals surface area contributed by atoms with Crippen LogP contribution in [0.2, 0.25) is 0 Å². The molecule has 28 heavy (non-hydrogen) atoms. The quantitative estimate of drug-likeness (QED) is 0.661. The van der Waals surface area contributed by atoms with E-state index in [-0.39, 0.29) is 12.3 Å². The van der Waals surface area contributed by atoms with E-state index in [1.807, 2.05) is 28.8 Å². The summed E-state index contributed by atoms with van der Waals surface area (Å²) in [6.45, 7) is 1.42. The molecule has 1 saturated heterocycles. The van der Waals surface area contributed by atoms with E-state index in [0.29, 0.717) is 30.0 Å². The first-order chi connectivity index (χ1) is 13.4. The lowest BCUT2D eigenvalue weighted by molar-refractivity contribution is -0.137. The number of amides is 1. The molecule has 146 valence electrons. The van der Waals surface area contributed by atoms with E-state index in [2.05, 4.69) is 4.98 Å².